The van der Waals surface area contributed by atoms with Crippen LogP contribution in [0.15, 0.2) is 0 Å². The highest BCUT2D eigenvalue weighted by atomic mass is 19.3. The molecule has 1 unspecified atom stereocenters. The first-order valence-electron chi connectivity index (χ1n) is 6.81. The van der Waals surface area contributed by atoms with E-state index in [1.165, 1.54) is 0 Å². The summed E-state index contributed by atoms with van der Waals surface area (Å²) in [6.45, 7) is 0.545. The second-order valence-corrected chi connectivity index (χ2v) is 5.20. The Kier molecular flexibility index (Phi) is 6.32. The summed E-state index contributed by atoms with van der Waals surface area (Å²) in [5, 5.41) is 18.0. The lowest BCUT2D eigenvalue weighted by molar-refractivity contribution is -0.150. The number of aliphatic carboxylic acids is 1. The molecule has 1 fully saturated rings. The number of carbonyl (C=O) groups is 2. The van der Waals surface area contributed by atoms with Crippen molar-refractivity contribution in [3.8, 4) is 0 Å². The molecule has 0 aromatic heterocycles. The van der Waals surface area contributed by atoms with Crippen molar-refractivity contribution in [2.24, 2.45) is 17.8 Å². The molecule has 0 bridgehead atoms. The minimum absolute atomic E-state index is 0.132. The number of nitrogens with zero attached hydrogens (tertiary/aromatic N) is 1. The van der Waals surface area contributed by atoms with Gasteiger partial charge in [-0.25, -0.2) is 8.78 Å². The lowest BCUT2D eigenvalue weighted by Crippen LogP contribution is -2.43. The fourth-order valence-corrected chi connectivity index (χ4v) is 2.84. The molecule has 3 atom stereocenters. The number of hydrogen-bond acceptors (Lipinski definition) is 3. The average Bonchev–Trinajstić information content (AvgIpc) is 2.81. The third-order valence-corrected chi connectivity index (χ3v) is 3.91. The molecule has 1 aliphatic carbocycles. The van der Waals surface area contributed by atoms with Gasteiger partial charge in [-0.1, -0.05) is 13.3 Å². The number of amides is 1. The van der Waals surface area contributed by atoms with Gasteiger partial charge in [-0.3, -0.25) is 9.59 Å². The summed E-state index contributed by atoms with van der Waals surface area (Å²) >= 11 is 0. The quantitative estimate of drug-likeness (QED) is 0.739. The fourth-order valence-electron chi connectivity index (χ4n) is 2.84. The van der Waals surface area contributed by atoms with Crippen molar-refractivity contribution in [3.63, 3.8) is 0 Å². The van der Waals surface area contributed by atoms with Gasteiger partial charge in [0.25, 0.3) is 6.43 Å². The highest BCUT2D eigenvalue weighted by Gasteiger charge is 2.43. The van der Waals surface area contributed by atoms with Crippen molar-refractivity contribution in [1.29, 1.82) is 0 Å². The van der Waals surface area contributed by atoms with Gasteiger partial charge in [-0.15, -0.1) is 0 Å². The van der Waals surface area contributed by atoms with Crippen LogP contribution in [-0.4, -0.2) is 53.1 Å². The van der Waals surface area contributed by atoms with Gasteiger partial charge in [0, 0.05) is 6.54 Å². The summed E-state index contributed by atoms with van der Waals surface area (Å²) in [4.78, 5) is 24.4. The van der Waals surface area contributed by atoms with Gasteiger partial charge in [0.15, 0.2) is 0 Å². The molecule has 2 N–H and O–H groups in total. The minimum atomic E-state index is -2.70. The normalized spacial score (nSPS) is 25.9. The number of aliphatic hydroxyl groups excluding tert-OH is 1. The Balaban J connectivity index is 2.82. The molecule has 1 amide bonds. The monoisotopic (exact) mass is 293 g/mol. The lowest BCUT2D eigenvalue weighted by Gasteiger charge is -2.26. The van der Waals surface area contributed by atoms with E-state index in [1.807, 2.05) is 6.92 Å². The molecule has 0 saturated heterocycles. The molecule has 0 spiro atoms. The van der Waals surface area contributed by atoms with E-state index in [9.17, 15) is 23.5 Å². The van der Waals surface area contributed by atoms with Crippen LogP contribution in [0.3, 0.4) is 0 Å². The van der Waals surface area contributed by atoms with Crippen LogP contribution in [0, 0.1) is 17.8 Å². The summed E-state index contributed by atoms with van der Waals surface area (Å²) in [5.41, 5.74) is 0. The molecule has 20 heavy (non-hydrogen) atoms. The van der Waals surface area contributed by atoms with E-state index in [0.717, 1.165) is 11.3 Å². The number of hydrogen-bond donors (Lipinski definition) is 2. The lowest BCUT2D eigenvalue weighted by atomic mass is 9.94. The fraction of sp³-hybridized carbons (Fsp3) is 0.846. The number of carbonyl (C=O) groups excluding carboxylic acids is 1. The van der Waals surface area contributed by atoms with E-state index in [1.54, 1.807) is 0 Å². The maximum absolute atomic E-state index is 12.5. The Labute approximate surface area is 116 Å². The predicted octanol–water partition coefficient (Wildman–Crippen LogP) is 1.21. The van der Waals surface area contributed by atoms with Gasteiger partial charge in [0.2, 0.25) is 5.91 Å². The van der Waals surface area contributed by atoms with Crippen LogP contribution in [-0.2, 0) is 9.59 Å². The maximum Gasteiger partial charge on any atom is 0.307 e. The minimum Gasteiger partial charge on any atom is -0.481 e. The summed E-state index contributed by atoms with van der Waals surface area (Å²) in [6, 6.07) is 0. The van der Waals surface area contributed by atoms with Gasteiger partial charge in [-0.2, -0.15) is 0 Å². The smallest absolute Gasteiger partial charge is 0.307 e. The molecule has 1 aliphatic rings. The Morgan fingerprint density at radius 3 is 2.35 bits per heavy atom. The number of aliphatic hydroxyl groups is 1. The van der Waals surface area contributed by atoms with Crippen LogP contribution in [0.25, 0.3) is 0 Å². The van der Waals surface area contributed by atoms with Crippen molar-refractivity contribution in [1.82, 2.24) is 4.90 Å². The van der Waals surface area contributed by atoms with Crippen LogP contribution in [0.4, 0.5) is 8.78 Å². The molecular weight excluding hydrogens is 272 g/mol. The van der Waals surface area contributed by atoms with Crippen LogP contribution in [0.5, 0.6) is 0 Å². The summed E-state index contributed by atoms with van der Waals surface area (Å²) in [5.74, 6) is -3.08. The van der Waals surface area contributed by atoms with E-state index in [4.69, 9.17) is 5.11 Å². The standard InChI is InChI=1S/C13H21F2NO4/c1-2-8-5-9(10(6-8)13(19)20)12(18)16(3-4-17)7-11(14)15/h8-11,17H,2-7H2,1H3,(H,19,20)/t8?,9-,10+/m0/s1. The van der Waals surface area contributed by atoms with E-state index < -0.39 is 43.3 Å². The van der Waals surface area contributed by atoms with Crippen molar-refractivity contribution in [2.45, 2.75) is 32.6 Å². The summed E-state index contributed by atoms with van der Waals surface area (Å²) < 4.78 is 24.9. The average molecular weight is 293 g/mol. The van der Waals surface area contributed by atoms with E-state index >= 15 is 0 Å². The molecule has 1 rings (SSSR count). The zero-order valence-corrected chi connectivity index (χ0v) is 11.5. The zero-order valence-electron chi connectivity index (χ0n) is 11.5. The Hall–Kier alpha value is -1.24. The van der Waals surface area contributed by atoms with Gasteiger partial charge in [-0.05, 0) is 18.8 Å². The van der Waals surface area contributed by atoms with Gasteiger partial charge >= 0.3 is 5.97 Å². The molecule has 0 aromatic carbocycles. The molecule has 116 valence electrons. The Bertz CT molecular complexity index is 351. The van der Waals surface area contributed by atoms with Gasteiger partial charge < -0.3 is 15.1 Å². The SMILES string of the molecule is CCC1C[C@H](C(=O)N(CCO)CC(F)F)[C@H](C(=O)O)C1. The predicted molar refractivity (Wildman–Crippen MR) is 67.3 cm³/mol. The van der Waals surface area contributed by atoms with Crippen molar-refractivity contribution in [3.05, 3.63) is 0 Å². The largest absolute Gasteiger partial charge is 0.481 e. The van der Waals surface area contributed by atoms with Gasteiger partial charge in [0.1, 0.15) is 0 Å². The molecule has 0 aromatic rings. The number of rotatable bonds is 7. The molecule has 7 heteroatoms. The Morgan fingerprint density at radius 1 is 1.30 bits per heavy atom. The summed E-state index contributed by atoms with van der Waals surface area (Å²) in [6.07, 6.45) is -1.11. The highest BCUT2D eigenvalue weighted by Crippen LogP contribution is 2.39. The topological polar surface area (TPSA) is 77.8 Å². The van der Waals surface area contributed by atoms with Crippen LogP contribution >= 0.6 is 0 Å². The first-order chi connectivity index (χ1) is 9.40. The van der Waals surface area contributed by atoms with Crippen LogP contribution in [0.1, 0.15) is 26.2 Å². The number of carboxylic acid groups (broad SMARTS) is 1. The summed E-state index contributed by atoms with van der Waals surface area (Å²) in [7, 11) is 0. The number of carboxylic acids is 1. The van der Waals surface area contributed by atoms with E-state index in [-0.39, 0.29) is 12.5 Å². The second-order valence-electron chi connectivity index (χ2n) is 5.20. The number of alkyl halides is 2. The molecule has 0 aliphatic heterocycles. The molecule has 0 heterocycles. The maximum atomic E-state index is 12.5. The first kappa shape index (κ1) is 16.8. The molecule has 1 saturated carbocycles. The molecule has 0 radical (unpaired) electrons. The van der Waals surface area contributed by atoms with Crippen LogP contribution < -0.4 is 0 Å². The molecule has 5 nitrogen and oxygen atoms in total. The zero-order chi connectivity index (χ0) is 15.3. The van der Waals surface area contributed by atoms with E-state index in [0.29, 0.717) is 12.8 Å². The van der Waals surface area contributed by atoms with Crippen LogP contribution in [0.2, 0.25) is 0 Å². The first-order valence-corrected chi connectivity index (χ1v) is 6.81. The molecular formula is C13H21F2NO4. The number of halogens is 2. The van der Waals surface area contributed by atoms with E-state index in [2.05, 4.69) is 0 Å². The Morgan fingerprint density at radius 2 is 1.90 bits per heavy atom. The third-order valence-electron chi connectivity index (χ3n) is 3.91. The van der Waals surface area contributed by atoms with Crippen molar-refractivity contribution in [2.75, 3.05) is 19.7 Å². The third kappa shape index (κ3) is 4.13. The highest BCUT2D eigenvalue weighted by molar-refractivity contribution is 5.85. The van der Waals surface area contributed by atoms with Gasteiger partial charge in [0.05, 0.1) is 25.0 Å². The van der Waals surface area contributed by atoms with Crippen molar-refractivity contribution < 1.29 is 28.6 Å². The van der Waals surface area contributed by atoms with Crippen molar-refractivity contribution >= 4 is 11.9 Å². The second kappa shape index (κ2) is 7.52.